The number of nitrogens with one attached hydrogen (secondary N) is 1. The molecule has 0 amide bonds. The molecular weight excluding hydrogens is 216 g/mol. The highest BCUT2D eigenvalue weighted by Gasteiger charge is 2.09. The molecule has 0 aromatic heterocycles. The van der Waals surface area contributed by atoms with Gasteiger partial charge in [-0.2, -0.15) is 5.26 Å². The molecule has 4 heteroatoms. The first-order chi connectivity index (χ1) is 8.22. The van der Waals surface area contributed by atoms with Crippen LogP contribution in [0.2, 0.25) is 0 Å². The zero-order valence-corrected chi connectivity index (χ0v) is 10.2. The Balaban J connectivity index is 2.66. The molecule has 0 aliphatic carbocycles. The summed E-state index contributed by atoms with van der Waals surface area (Å²) in [7, 11) is 1.52. The van der Waals surface area contributed by atoms with Gasteiger partial charge in [0.1, 0.15) is 0 Å². The Kier molecular flexibility index (Phi) is 5.31. The van der Waals surface area contributed by atoms with Crippen LogP contribution in [0.3, 0.4) is 0 Å². The van der Waals surface area contributed by atoms with Crippen LogP contribution < -0.4 is 10.1 Å². The molecule has 1 rings (SSSR count). The number of para-hydroxylation sites is 1. The number of phenols is 1. The van der Waals surface area contributed by atoms with Crippen LogP contribution in [0.5, 0.6) is 11.5 Å². The standard InChI is InChI=1S/C13H18N2O2/c1-3-11(7-8-14)15-9-10-5-4-6-12(17-2)13(10)16/h4-6,11,15-16H,3,7,9H2,1-2H3. The van der Waals surface area contributed by atoms with E-state index in [0.717, 1.165) is 12.0 Å². The average molecular weight is 234 g/mol. The van der Waals surface area contributed by atoms with Gasteiger partial charge in [-0.15, -0.1) is 0 Å². The first-order valence-corrected chi connectivity index (χ1v) is 5.68. The monoisotopic (exact) mass is 234 g/mol. The summed E-state index contributed by atoms with van der Waals surface area (Å²) >= 11 is 0. The topological polar surface area (TPSA) is 65.3 Å². The number of ether oxygens (including phenoxy) is 1. The molecule has 0 saturated carbocycles. The van der Waals surface area contributed by atoms with Gasteiger partial charge in [-0.1, -0.05) is 19.1 Å². The molecule has 4 nitrogen and oxygen atoms in total. The maximum atomic E-state index is 9.87. The minimum absolute atomic E-state index is 0.158. The largest absolute Gasteiger partial charge is 0.504 e. The van der Waals surface area contributed by atoms with E-state index in [-0.39, 0.29) is 11.8 Å². The van der Waals surface area contributed by atoms with Crippen molar-refractivity contribution in [1.29, 1.82) is 5.26 Å². The third-order valence-corrected chi connectivity index (χ3v) is 2.71. The molecule has 1 unspecified atom stereocenters. The van der Waals surface area contributed by atoms with Crippen molar-refractivity contribution >= 4 is 0 Å². The Morgan fingerprint density at radius 1 is 1.53 bits per heavy atom. The van der Waals surface area contributed by atoms with Gasteiger partial charge >= 0.3 is 0 Å². The number of phenolic OH excluding ortho intramolecular Hbond substituents is 1. The van der Waals surface area contributed by atoms with Crippen molar-refractivity contribution < 1.29 is 9.84 Å². The van der Waals surface area contributed by atoms with Crippen LogP contribution in [0.4, 0.5) is 0 Å². The lowest BCUT2D eigenvalue weighted by molar-refractivity contribution is 0.368. The lowest BCUT2D eigenvalue weighted by atomic mass is 10.1. The fraction of sp³-hybridized carbons (Fsp3) is 0.462. The lowest BCUT2D eigenvalue weighted by Gasteiger charge is -2.15. The predicted molar refractivity (Wildman–Crippen MR) is 65.8 cm³/mol. The van der Waals surface area contributed by atoms with Crippen LogP contribution >= 0.6 is 0 Å². The van der Waals surface area contributed by atoms with Gasteiger partial charge < -0.3 is 15.2 Å². The van der Waals surface area contributed by atoms with Gasteiger partial charge in [0.05, 0.1) is 19.6 Å². The van der Waals surface area contributed by atoms with Gasteiger partial charge in [0, 0.05) is 18.2 Å². The van der Waals surface area contributed by atoms with Gasteiger partial charge in [-0.3, -0.25) is 0 Å². The summed E-state index contributed by atoms with van der Waals surface area (Å²) in [4.78, 5) is 0. The average Bonchev–Trinajstić information content (AvgIpc) is 2.36. The van der Waals surface area contributed by atoms with E-state index in [0.29, 0.717) is 18.7 Å². The number of nitriles is 1. The van der Waals surface area contributed by atoms with E-state index < -0.39 is 0 Å². The molecule has 0 saturated heterocycles. The minimum atomic E-state index is 0.158. The van der Waals surface area contributed by atoms with Crippen LogP contribution in [0.25, 0.3) is 0 Å². The summed E-state index contributed by atoms with van der Waals surface area (Å²) in [6, 6.07) is 7.69. The number of rotatable bonds is 6. The fourth-order valence-corrected chi connectivity index (χ4v) is 1.60. The highest BCUT2D eigenvalue weighted by molar-refractivity contribution is 5.45. The third-order valence-electron chi connectivity index (χ3n) is 2.71. The van der Waals surface area contributed by atoms with E-state index in [1.165, 1.54) is 7.11 Å². The van der Waals surface area contributed by atoms with Gasteiger partial charge in [0.2, 0.25) is 0 Å². The van der Waals surface area contributed by atoms with Crippen molar-refractivity contribution in [3.8, 4) is 17.6 Å². The molecule has 92 valence electrons. The van der Waals surface area contributed by atoms with Gasteiger partial charge in [-0.25, -0.2) is 0 Å². The zero-order valence-electron chi connectivity index (χ0n) is 10.2. The first-order valence-electron chi connectivity index (χ1n) is 5.68. The van der Waals surface area contributed by atoms with Crippen LogP contribution in [-0.2, 0) is 6.54 Å². The SMILES string of the molecule is CCC(CC#N)NCc1cccc(OC)c1O. The van der Waals surface area contributed by atoms with Gasteiger partial charge in [0.15, 0.2) is 11.5 Å². The maximum absolute atomic E-state index is 9.87. The number of aromatic hydroxyl groups is 1. The number of methoxy groups -OCH3 is 1. The molecule has 17 heavy (non-hydrogen) atoms. The van der Waals surface area contributed by atoms with E-state index in [2.05, 4.69) is 11.4 Å². The third kappa shape index (κ3) is 3.65. The number of hydrogen-bond donors (Lipinski definition) is 2. The van der Waals surface area contributed by atoms with E-state index in [1.807, 2.05) is 19.1 Å². The molecule has 0 bridgehead atoms. The molecule has 1 aromatic rings. The molecule has 0 radical (unpaired) electrons. The molecule has 0 aliphatic heterocycles. The molecule has 0 fully saturated rings. The van der Waals surface area contributed by atoms with Crippen LogP contribution in [0, 0.1) is 11.3 Å². The Morgan fingerprint density at radius 2 is 2.29 bits per heavy atom. The van der Waals surface area contributed by atoms with Crippen molar-refractivity contribution in [2.75, 3.05) is 7.11 Å². The van der Waals surface area contributed by atoms with E-state index in [1.54, 1.807) is 6.07 Å². The molecule has 0 spiro atoms. The Hall–Kier alpha value is -1.73. The zero-order chi connectivity index (χ0) is 12.7. The van der Waals surface area contributed by atoms with Crippen molar-refractivity contribution in [3.05, 3.63) is 23.8 Å². The Labute approximate surface area is 102 Å². The summed E-state index contributed by atoms with van der Waals surface area (Å²) < 4.78 is 5.04. The summed E-state index contributed by atoms with van der Waals surface area (Å²) in [5, 5.41) is 21.8. The van der Waals surface area contributed by atoms with E-state index in [4.69, 9.17) is 10.00 Å². The number of hydrogen-bond acceptors (Lipinski definition) is 4. The molecule has 1 atom stereocenters. The summed E-state index contributed by atoms with van der Waals surface area (Å²) in [5.74, 6) is 0.631. The van der Waals surface area contributed by atoms with Gasteiger partial charge in [-0.05, 0) is 12.5 Å². The Bertz CT molecular complexity index is 399. The molecule has 1 aromatic carbocycles. The van der Waals surface area contributed by atoms with Crippen LogP contribution in [0.15, 0.2) is 18.2 Å². The fourth-order valence-electron chi connectivity index (χ4n) is 1.60. The van der Waals surface area contributed by atoms with Crippen molar-refractivity contribution in [3.63, 3.8) is 0 Å². The first kappa shape index (κ1) is 13.3. The normalized spacial score (nSPS) is 11.8. The highest BCUT2D eigenvalue weighted by atomic mass is 16.5. The second-order valence-corrected chi connectivity index (χ2v) is 3.82. The smallest absolute Gasteiger partial charge is 0.162 e. The highest BCUT2D eigenvalue weighted by Crippen LogP contribution is 2.29. The summed E-state index contributed by atoms with van der Waals surface area (Å²) in [6.45, 7) is 2.56. The molecule has 0 aliphatic rings. The predicted octanol–water partition coefficient (Wildman–Crippen LogP) is 2.18. The van der Waals surface area contributed by atoms with E-state index >= 15 is 0 Å². The molecular formula is C13H18N2O2. The Morgan fingerprint density at radius 3 is 2.88 bits per heavy atom. The van der Waals surface area contributed by atoms with Crippen LogP contribution in [-0.4, -0.2) is 18.3 Å². The minimum Gasteiger partial charge on any atom is -0.504 e. The molecule has 0 heterocycles. The van der Waals surface area contributed by atoms with Crippen LogP contribution in [0.1, 0.15) is 25.3 Å². The second-order valence-electron chi connectivity index (χ2n) is 3.82. The van der Waals surface area contributed by atoms with Crippen molar-refractivity contribution in [2.24, 2.45) is 0 Å². The number of benzene rings is 1. The quantitative estimate of drug-likeness (QED) is 0.791. The van der Waals surface area contributed by atoms with Gasteiger partial charge in [0.25, 0.3) is 0 Å². The van der Waals surface area contributed by atoms with Crippen molar-refractivity contribution in [1.82, 2.24) is 5.32 Å². The summed E-state index contributed by atoms with van der Waals surface area (Å²) in [5.41, 5.74) is 0.778. The van der Waals surface area contributed by atoms with Crippen molar-refractivity contribution in [2.45, 2.75) is 32.4 Å². The second kappa shape index (κ2) is 6.77. The maximum Gasteiger partial charge on any atom is 0.162 e. The molecule has 2 N–H and O–H groups in total. The summed E-state index contributed by atoms with van der Waals surface area (Å²) in [6.07, 6.45) is 1.36. The van der Waals surface area contributed by atoms with E-state index in [9.17, 15) is 5.11 Å². The lowest BCUT2D eigenvalue weighted by Crippen LogP contribution is -2.27. The number of nitrogens with zero attached hydrogens (tertiary/aromatic N) is 1.